The van der Waals surface area contributed by atoms with E-state index in [4.69, 9.17) is 4.42 Å². The average molecular weight is 855 g/mol. The quantitative estimate of drug-likeness (QED) is 0.152. The lowest BCUT2D eigenvalue weighted by molar-refractivity contribution is 0.670. The van der Waals surface area contributed by atoms with Crippen LogP contribution in [0.4, 0.5) is 17.1 Å². The van der Waals surface area contributed by atoms with Crippen LogP contribution in [0, 0.1) is 0 Å². The summed E-state index contributed by atoms with van der Waals surface area (Å²) in [5.41, 5.74) is 17.8. The molecule has 0 N–H and O–H groups in total. The summed E-state index contributed by atoms with van der Waals surface area (Å²) in [5.74, 6) is 0. The first-order valence-corrected chi connectivity index (χ1v) is 22.9. The summed E-state index contributed by atoms with van der Waals surface area (Å²) in [5, 5.41) is 7.15. The van der Waals surface area contributed by atoms with Gasteiger partial charge in [0.2, 0.25) is 0 Å². The smallest absolute Gasteiger partial charge is 0.143 e. The van der Waals surface area contributed by atoms with Gasteiger partial charge in [0.1, 0.15) is 11.2 Å². The van der Waals surface area contributed by atoms with E-state index in [0.717, 1.165) is 89.2 Å². The molecule has 0 spiro atoms. The Morgan fingerprint density at radius 3 is 1.64 bits per heavy atom. The zero-order valence-electron chi connectivity index (χ0n) is 36.6. The highest BCUT2D eigenvalue weighted by molar-refractivity contribution is 6.12. The van der Waals surface area contributed by atoms with Gasteiger partial charge >= 0.3 is 0 Å². The Labute approximate surface area is 388 Å². The number of furan rings is 1. The number of anilines is 3. The first-order valence-electron chi connectivity index (χ1n) is 22.9. The van der Waals surface area contributed by atoms with Crippen LogP contribution in [-0.2, 0) is 0 Å². The van der Waals surface area contributed by atoms with Crippen molar-refractivity contribution in [3.8, 4) is 50.2 Å². The molecule has 0 aliphatic carbocycles. The second-order valence-electron chi connectivity index (χ2n) is 17.3. The molecule has 13 rings (SSSR count). The van der Waals surface area contributed by atoms with E-state index in [-0.39, 0.29) is 0 Å². The Balaban J connectivity index is 0.904. The highest BCUT2D eigenvalue weighted by atomic mass is 16.3. The third-order valence-electron chi connectivity index (χ3n) is 13.4. The molecule has 0 aliphatic heterocycles. The summed E-state index contributed by atoms with van der Waals surface area (Å²) in [6.07, 6.45) is 0. The number of fused-ring (bicyclic) bond motifs is 7. The number of hydrogen-bond acceptors (Lipinski definition) is 2. The Kier molecular flexibility index (Phi) is 9.17. The third-order valence-corrected chi connectivity index (χ3v) is 13.4. The maximum Gasteiger partial charge on any atom is 0.143 e. The van der Waals surface area contributed by atoms with Crippen LogP contribution in [0.15, 0.2) is 259 Å². The molecule has 0 saturated carbocycles. The molecule has 3 nitrogen and oxygen atoms in total. The fraction of sp³-hybridized carbons (Fsp3) is 0. The van der Waals surface area contributed by atoms with Crippen LogP contribution < -0.4 is 4.90 Å². The Morgan fingerprint density at radius 2 is 0.851 bits per heavy atom. The largest absolute Gasteiger partial charge is 0.455 e. The van der Waals surface area contributed by atoms with Crippen LogP contribution in [0.25, 0.3) is 105 Å². The van der Waals surface area contributed by atoms with E-state index < -0.39 is 0 Å². The van der Waals surface area contributed by atoms with E-state index in [0.29, 0.717) is 0 Å². The van der Waals surface area contributed by atoms with Gasteiger partial charge in [0.05, 0.1) is 11.0 Å². The van der Waals surface area contributed by atoms with Crippen molar-refractivity contribution in [1.29, 1.82) is 0 Å². The van der Waals surface area contributed by atoms with Gasteiger partial charge < -0.3 is 13.9 Å². The third kappa shape index (κ3) is 6.76. The minimum atomic E-state index is 0.895. The Morgan fingerprint density at radius 1 is 0.299 bits per heavy atom. The molecule has 0 fully saturated rings. The topological polar surface area (TPSA) is 21.3 Å². The molecule has 2 aromatic heterocycles. The number of hydrogen-bond donors (Lipinski definition) is 0. The van der Waals surface area contributed by atoms with Gasteiger partial charge in [0, 0.05) is 49.9 Å². The van der Waals surface area contributed by atoms with Crippen LogP contribution >= 0.6 is 0 Å². The normalized spacial score (nSPS) is 11.6. The van der Waals surface area contributed by atoms with E-state index >= 15 is 0 Å². The average Bonchev–Trinajstić information content (AvgIpc) is 3.95. The van der Waals surface area contributed by atoms with Crippen LogP contribution in [0.5, 0.6) is 0 Å². The molecule has 67 heavy (non-hydrogen) atoms. The zero-order valence-corrected chi connectivity index (χ0v) is 36.6. The molecule has 3 heteroatoms. The molecule has 2 heterocycles. The molecule has 0 unspecified atom stereocenters. The van der Waals surface area contributed by atoms with Crippen molar-refractivity contribution < 1.29 is 4.42 Å². The molecule has 314 valence electrons. The number of aromatic nitrogens is 1. The minimum absolute atomic E-state index is 0.895. The van der Waals surface area contributed by atoms with Gasteiger partial charge in [0.15, 0.2) is 0 Å². The Bertz CT molecular complexity index is 3960. The van der Waals surface area contributed by atoms with Crippen LogP contribution in [0.2, 0.25) is 0 Å². The lowest BCUT2D eigenvalue weighted by atomic mass is 9.91. The Hall–Kier alpha value is -8.92. The van der Waals surface area contributed by atoms with E-state index in [2.05, 4.69) is 258 Å². The van der Waals surface area contributed by atoms with Crippen molar-refractivity contribution in [3.05, 3.63) is 255 Å². The number of benzene rings is 11. The van der Waals surface area contributed by atoms with Crippen LogP contribution in [-0.4, -0.2) is 4.57 Å². The molecular formula is C64H42N2O. The van der Waals surface area contributed by atoms with E-state index in [1.54, 1.807) is 0 Å². The molecular weight excluding hydrogens is 813 g/mol. The van der Waals surface area contributed by atoms with Crippen molar-refractivity contribution in [1.82, 2.24) is 4.57 Å². The monoisotopic (exact) mass is 854 g/mol. The molecule has 0 aliphatic rings. The lowest BCUT2D eigenvalue weighted by Gasteiger charge is -2.26. The molecule has 0 atom stereocenters. The molecule has 0 amide bonds. The van der Waals surface area contributed by atoms with Crippen molar-refractivity contribution in [3.63, 3.8) is 0 Å². The number of nitrogens with zero attached hydrogens (tertiary/aromatic N) is 2. The summed E-state index contributed by atoms with van der Waals surface area (Å²) < 4.78 is 9.00. The molecule has 0 bridgehead atoms. The highest BCUT2D eigenvalue weighted by Gasteiger charge is 2.18. The van der Waals surface area contributed by atoms with E-state index in [1.807, 2.05) is 6.07 Å². The van der Waals surface area contributed by atoms with Gasteiger partial charge in [-0.15, -0.1) is 0 Å². The molecule has 11 aromatic carbocycles. The second-order valence-corrected chi connectivity index (χ2v) is 17.3. The minimum Gasteiger partial charge on any atom is -0.455 e. The SMILES string of the molecule is c1ccc(N(c2ccc(-c3ccc(-c4cc(-c5ccc6c(c5)c5ccccc5n6-c5ccccc5)cc(-c5cccc6c5oc5ccccc56)c4)cc3)cc2)c2ccc3ccccc3c2)cc1. The van der Waals surface area contributed by atoms with E-state index in [1.165, 1.54) is 32.6 Å². The van der Waals surface area contributed by atoms with Crippen molar-refractivity contribution in [2.24, 2.45) is 0 Å². The van der Waals surface area contributed by atoms with Crippen LogP contribution in [0.1, 0.15) is 0 Å². The zero-order chi connectivity index (χ0) is 44.3. The van der Waals surface area contributed by atoms with Crippen molar-refractivity contribution in [2.45, 2.75) is 0 Å². The summed E-state index contributed by atoms with van der Waals surface area (Å²) in [6.45, 7) is 0. The number of para-hydroxylation sites is 5. The first kappa shape index (κ1) is 38.5. The summed E-state index contributed by atoms with van der Waals surface area (Å²) in [4.78, 5) is 2.33. The van der Waals surface area contributed by atoms with Gasteiger partial charge in [0.25, 0.3) is 0 Å². The predicted molar refractivity (Wildman–Crippen MR) is 282 cm³/mol. The number of rotatable bonds is 8. The van der Waals surface area contributed by atoms with Gasteiger partial charge in [-0.05, 0) is 141 Å². The maximum atomic E-state index is 6.63. The summed E-state index contributed by atoms with van der Waals surface area (Å²) >= 11 is 0. The summed E-state index contributed by atoms with van der Waals surface area (Å²) in [7, 11) is 0. The fourth-order valence-electron chi connectivity index (χ4n) is 10.1. The summed E-state index contributed by atoms with van der Waals surface area (Å²) in [6, 6.07) is 91.9. The maximum absolute atomic E-state index is 6.63. The van der Waals surface area contributed by atoms with Crippen molar-refractivity contribution >= 4 is 71.6 Å². The molecule has 0 saturated heterocycles. The molecule has 13 aromatic rings. The van der Waals surface area contributed by atoms with Gasteiger partial charge in [-0.3, -0.25) is 0 Å². The van der Waals surface area contributed by atoms with Crippen LogP contribution in [0.3, 0.4) is 0 Å². The van der Waals surface area contributed by atoms with Gasteiger partial charge in [-0.25, -0.2) is 0 Å². The molecule has 0 radical (unpaired) electrons. The van der Waals surface area contributed by atoms with Gasteiger partial charge in [-0.1, -0.05) is 164 Å². The van der Waals surface area contributed by atoms with Crippen molar-refractivity contribution in [2.75, 3.05) is 4.90 Å². The predicted octanol–water partition coefficient (Wildman–Crippen LogP) is 18.0. The second kappa shape index (κ2) is 16.0. The lowest BCUT2D eigenvalue weighted by Crippen LogP contribution is -2.09. The highest BCUT2D eigenvalue weighted by Crippen LogP contribution is 2.42. The fourth-order valence-corrected chi connectivity index (χ4v) is 10.1. The standard InChI is InChI=1S/C64H42N2O/c1-3-16-52(17-4-1)65(55-36-32-43-14-7-8-15-47(43)41-55)54-34-30-45(31-35-54)44-26-28-46(29-27-44)49-38-50(40-51(39-49)56-22-13-23-59-58-21-10-12-25-63(58)67-64(56)59)48-33-37-62-60(42-48)57-20-9-11-24-61(57)66(62)53-18-5-2-6-19-53/h1-42H. The van der Waals surface area contributed by atoms with Gasteiger partial charge in [-0.2, -0.15) is 0 Å². The first-order chi connectivity index (χ1) is 33.2. The van der Waals surface area contributed by atoms with E-state index in [9.17, 15) is 0 Å².